The number of hydrogen-bond donors (Lipinski definition) is 9. The van der Waals surface area contributed by atoms with Gasteiger partial charge in [0.25, 0.3) is 0 Å². The van der Waals surface area contributed by atoms with E-state index < -0.39 is 5.66 Å². The first-order valence-corrected chi connectivity index (χ1v) is 7.50. The van der Waals surface area contributed by atoms with Crippen molar-refractivity contribution >= 4 is 0 Å². The molecule has 9 nitrogen and oxygen atoms in total. The van der Waals surface area contributed by atoms with Gasteiger partial charge < -0.3 is 37.9 Å². The molecule has 1 heterocycles. The maximum absolute atomic E-state index is 8.90. The van der Waals surface area contributed by atoms with Gasteiger partial charge in [-0.1, -0.05) is 0 Å². The van der Waals surface area contributed by atoms with Crippen LogP contribution in [0, 0.1) is 0 Å². The SMILES string of the molecule is CNC[C@@]1(N)CNCCNC[C@@](N)(CNO)NCCNC1. The van der Waals surface area contributed by atoms with Crippen molar-refractivity contribution in [2.24, 2.45) is 11.5 Å². The Kier molecular flexibility index (Phi) is 8.56. The molecule has 9 heteroatoms. The number of hydroxylamine groups is 1. The largest absolute Gasteiger partial charge is 0.322 e. The molecule has 0 unspecified atom stereocenters. The lowest BCUT2D eigenvalue weighted by Gasteiger charge is -2.31. The summed E-state index contributed by atoms with van der Waals surface area (Å²) in [7, 11) is 1.91. The van der Waals surface area contributed by atoms with Crippen LogP contribution in [0.4, 0.5) is 0 Å². The molecule has 0 amide bonds. The molecule has 1 aliphatic rings. The Bertz CT molecular complexity index is 256. The standard InChI is InChI=1S/C12H32N8O/c1-15-6-11(13)7-16-2-3-18-9-12(14,10-20-21)19-5-4-17-8-11/h15-21H,2-10,13-14H2,1H3/t11-,12+/m1/s1. The van der Waals surface area contributed by atoms with Gasteiger partial charge in [-0.3, -0.25) is 5.32 Å². The lowest BCUT2D eigenvalue weighted by atomic mass is 10.0. The van der Waals surface area contributed by atoms with E-state index in [0.29, 0.717) is 19.6 Å². The van der Waals surface area contributed by atoms with Gasteiger partial charge in [0, 0.05) is 52.4 Å². The summed E-state index contributed by atoms with van der Waals surface area (Å²) >= 11 is 0. The van der Waals surface area contributed by atoms with E-state index in [9.17, 15) is 0 Å². The molecule has 1 saturated heterocycles. The number of hydrogen-bond acceptors (Lipinski definition) is 9. The van der Waals surface area contributed by atoms with Gasteiger partial charge in [-0.15, -0.1) is 0 Å². The van der Waals surface area contributed by atoms with E-state index in [1.54, 1.807) is 0 Å². The molecule has 0 bridgehead atoms. The molecule has 0 radical (unpaired) electrons. The van der Waals surface area contributed by atoms with E-state index in [1.807, 2.05) is 7.05 Å². The summed E-state index contributed by atoms with van der Waals surface area (Å²) in [5, 5.41) is 25.3. The smallest absolute Gasteiger partial charge is 0.0942 e. The van der Waals surface area contributed by atoms with Crippen molar-refractivity contribution in [1.29, 1.82) is 0 Å². The molecule has 0 aromatic heterocycles. The first-order chi connectivity index (χ1) is 10.0. The van der Waals surface area contributed by atoms with Gasteiger partial charge in [0.1, 0.15) is 0 Å². The molecule has 0 aliphatic carbocycles. The molecule has 126 valence electrons. The minimum Gasteiger partial charge on any atom is -0.322 e. The highest BCUT2D eigenvalue weighted by Crippen LogP contribution is 1.96. The van der Waals surface area contributed by atoms with Crippen molar-refractivity contribution in [3.63, 3.8) is 0 Å². The van der Waals surface area contributed by atoms with E-state index in [1.165, 1.54) is 0 Å². The second-order valence-corrected chi connectivity index (χ2v) is 5.84. The first kappa shape index (κ1) is 18.7. The van der Waals surface area contributed by atoms with Crippen molar-refractivity contribution < 1.29 is 5.21 Å². The van der Waals surface area contributed by atoms with Crippen LogP contribution in [0.15, 0.2) is 0 Å². The Hall–Kier alpha value is -0.360. The summed E-state index contributed by atoms with van der Waals surface area (Å²) in [6.07, 6.45) is 0. The Morgan fingerprint density at radius 1 is 0.952 bits per heavy atom. The maximum Gasteiger partial charge on any atom is 0.0942 e. The van der Waals surface area contributed by atoms with E-state index in [2.05, 4.69) is 32.1 Å². The molecule has 1 rings (SSSR count). The summed E-state index contributed by atoms with van der Waals surface area (Å²) in [5.41, 5.74) is 13.7. The first-order valence-electron chi connectivity index (χ1n) is 7.50. The van der Waals surface area contributed by atoms with Gasteiger partial charge in [-0.05, 0) is 7.05 Å². The highest BCUT2D eigenvalue weighted by atomic mass is 16.5. The Morgan fingerprint density at radius 2 is 1.52 bits per heavy atom. The van der Waals surface area contributed by atoms with Crippen LogP contribution < -0.4 is 43.5 Å². The lowest BCUT2D eigenvalue weighted by Crippen LogP contribution is -2.65. The molecule has 0 aromatic rings. The van der Waals surface area contributed by atoms with Crippen molar-refractivity contribution in [3.8, 4) is 0 Å². The minimum absolute atomic E-state index is 0.272. The molecule has 1 fully saturated rings. The van der Waals surface area contributed by atoms with Crippen LogP contribution in [0.3, 0.4) is 0 Å². The second-order valence-electron chi connectivity index (χ2n) is 5.84. The average molecular weight is 304 g/mol. The summed E-state index contributed by atoms with van der Waals surface area (Å²) in [6.45, 7) is 6.08. The third-order valence-corrected chi connectivity index (χ3v) is 3.58. The van der Waals surface area contributed by atoms with E-state index in [4.69, 9.17) is 16.7 Å². The minimum atomic E-state index is -0.685. The summed E-state index contributed by atoms with van der Waals surface area (Å²) in [4.78, 5) is 0. The predicted octanol–water partition coefficient (Wildman–Crippen LogP) is -4.09. The van der Waals surface area contributed by atoms with Crippen LogP contribution in [0.1, 0.15) is 0 Å². The Balaban J connectivity index is 2.52. The van der Waals surface area contributed by atoms with E-state index in [-0.39, 0.29) is 12.1 Å². The van der Waals surface area contributed by atoms with Gasteiger partial charge >= 0.3 is 0 Å². The fourth-order valence-corrected chi connectivity index (χ4v) is 2.43. The Morgan fingerprint density at radius 3 is 2.10 bits per heavy atom. The zero-order chi connectivity index (χ0) is 15.6. The summed E-state index contributed by atoms with van der Waals surface area (Å²) in [6, 6.07) is 0. The summed E-state index contributed by atoms with van der Waals surface area (Å²) in [5.74, 6) is 0. The molecule has 1 aliphatic heterocycles. The fraction of sp³-hybridized carbons (Fsp3) is 1.00. The molecule has 0 aromatic carbocycles. The quantitative estimate of drug-likeness (QED) is 0.237. The monoisotopic (exact) mass is 304 g/mol. The van der Waals surface area contributed by atoms with Gasteiger partial charge in [-0.25, -0.2) is 5.48 Å². The van der Waals surface area contributed by atoms with Crippen LogP contribution in [0.25, 0.3) is 0 Å². The van der Waals surface area contributed by atoms with Crippen molar-refractivity contribution in [1.82, 2.24) is 32.1 Å². The molecular weight excluding hydrogens is 272 g/mol. The topological polar surface area (TPSA) is 144 Å². The molecular formula is C12H32N8O. The van der Waals surface area contributed by atoms with Gasteiger partial charge in [0.2, 0.25) is 0 Å². The molecule has 21 heavy (non-hydrogen) atoms. The molecule has 0 saturated carbocycles. The highest BCUT2D eigenvalue weighted by molar-refractivity contribution is 4.92. The predicted molar refractivity (Wildman–Crippen MR) is 84.2 cm³/mol. The number of nitrogens with one attached hydrogen (secondary N) is 6. The third kappa shape index (κ3) is 7.45. The summed E-state index contributed by atoms with van der Waals surface area (Å²) < 4.78 is 0. The van der Waals surface area contributed by atoms with Crippen molar-refractivity contribution in [3.05, 3.63) is 0 Å². The van der Waals surface area contributed by atoms with Gasteiger partial charge in [-0.2, -0.15) is 0 Å². The van der Waals surface area contributed by atoms with Crippen molar-refractivity contribution in [2.75, 3.05) is 66.0 Å². The van der Waals surface area contributed by atoms with Gasteiger partial charge in [0.05, 0.1) is 17.7 Å². The van der Waals surface area contributed by atoms with Crippen LogP contribution in [0.5, 0.6) is 0 Å². The van der Waals surface area contributed by atoms with Crippen molar-refractivity contribution in [2.45, 2.75) is 11.2 Å². The normalized spacial score (nSPS) is 33.7. The van der Waals surface area contributed by atoms with Crippen LogP contribution in [-0.2, 0) is 0 Å². The van der Waals surface area contributed by atoms with E-state index >= 15 is 0 Å². The average Bonchev–Trinajstić information content (AvgIpc) is 2.43. The lowest BCUT2D eigenvalue weighted by molar-refractivity contribution is 0.127. The highest BCUT2D eigenvalue weighted by Gasteiger charge is 2.25. The third-order valence-electron chi connectivity index (χ3n) is 3.58. The molecule has 2 atom stereocenters. The zero-order valence-electron chi connectivity index (χ0n) is 13.0. The van der Waals surface area contributed by atoms with Gasteiger partial charge in [0.15, 0.2) is 0 Å². The molecule has 0 spiro atoms. The maximum atomic E-state index is 8.90. The zero-order valence-corrected chi connectivity index (χ0v) is 13.0. The molecule has 11 N–H and O–H groups in total. The van der Waals surface area contributed by atoms with E-state index in [0.717, 1.165) is 32.7 Å². The Labute approximate surface area is 126 Å². The van der Waals surface area contributed by atoms with Crippen LogP contribution in [-0.4, -0.2) is 82.4 Å². The fourth-order valence-electron chi connectivity index (χ4n) is 2.43. The number of rotatable bonds is 4. The number of nitrogens with two attached hydrogens (primary N) is 2. The van der Waals surface area contributed by atoms with Crippen LogP contribution in [0.2, 0.25) is 0 Å². The number of likely N-dealkylation sites (N-methyl/N-ethyl adjacent to an activating group) is 1. The van der Waals surface area contributed by atoms with Crippen LogP contribution >= 0.6 is 0 Å². The second kappa shape index (κ2) is 9.62.